The van der Waals surface area contributed by atoms with Crippen molar-refractivity contribution >= 4 is 45.5 Å². The van der Waals surface area contributed by atoms with Crippen LogP contribution < -0.4 is 0 Å². The molecule has 0 aliphatic rings. The van der Waals surface area contributed by atoms with Gasteiger partial charge in [0.05, 0.1) is 0 Å². The maximum atomic E-state index is 11.2. The number of nitrogens with zero attached hydrogens (tertiary/aromatic N) is 3. The van der Waals surface area contributed by atoms with E-state index in [2.05, 4.69) is 4.98 Å². The molecule has 0 bridgehead atoms. The first-order valence-electron chi connectivity index (χ1n) is 5.62. The summed E-state index contributed by atoms with van der Waals surface area (Å²) in [6, 6.07) is 7.41. The van der Waals surface area contributed by atoms with Crippen LogP contribution in [0.25, 0.3) is 4.96 Å². The summed E-state index contributed by atoms with van der Waals surface area (Å²) in [4.78, 5) is 15.7. The third kappa shape index (κ3) is 2.52. The van der Waals surface area contributed by atoms with E-state index < -0.39 is 4.92 Å². The Labute approximate surface area is 127 Å². The van der Waals surface area contributed by atoms with Gasteiger partial charge in [0, 0.05) is 16.2 Å². The summed E-state index contributed by atoms with van der Waals surface area (Å²) in [5, 5.41) is 14.1. The summed E-state index contributed by atoms with van der Waals surface area (Å²) in [5.74, 6) is 0.642. The lowest BCUT2D eigenvalue weighted by Crippen LogP contribution is -1.93. The fraction of sp³-hybridized carbons (Fsp3) is 0.0833. The molecule has 0 fully saturated rings. The molecule has 0 saturated carbocycles. The summed E-state index contributed by atoms with van der Waals surface area (Å²) in [6.45, 7) is 0. The van der Waals surface area contributed by atoms with Gasteiger partial charge >= 0.3 is 5.82 Å². The molecule has 0 radical (unpaired) electrons. The van der Waals surface area contributed by atoms with Crippen molar-refractivity contribution in [1.29, 1.82) is 0 Å². The molecule has 0 unspecified atom stereocenters. The minimum absolute atomic E-state index is 0.0280. The Morgan fingerprint density at radius 2 is 2.15 bits per heavy atom. The topological polar surface area (TPSA) is 60.4 Å². The summed E-state index contributed by atoms with van der Waals surface area (Å²) in [6.07, 6.45) is 1.66. The second-order valence-electron chi connectivity index (χ2n) is 3.97. The predicted molar refractivity (Wildman–Crippen MR) is 80.7 cm³/mol. The van der Waals surface area contributed by atoms with E-state index in [-0.39, 0.29) is 5.82 Å². The molecule has 0 amide bonds. The monoisotopic (exact) mass is 325 g/mol. The van der Waals surface area contributed by atoms with Crippen molar-refractivity contribution < 1.29 is 4.92 Å². The zero-order valence-corrected chi connectivity index (χ0v) is 12.4. The summed E-state index contributed by atoms with van der Waals surface area (Å²) in [7, 11) is 0. The van der Waals surface area contributed by atoms with Crippen LogP contribution in [0.5, 0.6) is 0 Å². The van der Waals surface area contributed by atoms with E-state index >= 15 is 0 Å². The number of thiazole rings is 1. The van der Waals surface area contributed by atoms with Gasteiger partial charge in [-0.25, -0.2) is 0 Å². The fourth-order valence-electron chi connectivity index (χ4n) is 1.75. The Bertz CT molecular complexity index is 767. The number of imidazole rings is 1. The molecule has 0 saturated heterocycles. The maximum absolute atomic E-state index is 11.2. The van der Waals surface area contributed by atoms with Gasteiger partial charge in [-0.2, -0.15) is 9.38 Å². The molecular weight excluding hydrogens is 318 g/mol. The van der Waals surface area contributed by atoms with Crippen LogP contribution in [-0.2, 0) is 5.75 Å². The normalized spacial score (nSPS) is 11.1. The van der Waals surface area contributed by atoms with Crippen molar-refractivity contribution in [1.82, 2.24) is 9.38 Å². The number of hydrogen-bond acceptors (Lipinski definition) is 5. The molecule has 3 rings (SSSR count). The number of benzene rings is 1. The standard InChI is InChI=1S/C12H8ClN3O2S2/c13-9-3-1-8(2-4-9)7-20-10-11(16(17)18)15-5-6-19-12(15)14-10/h1-6H,7H2. The van der Waals surface area contributed by atoms with Crippen molar-refractivity contribution in [2.45, 2.75) is 10.8 Å². The number of nitro groups is 1. The number of thioether (sulfide) groups is 1. The molecule has 0 aliphatic heterocycles. The lowest BCUT2D eigenvalue weighted by molar-refractivity contribution is -0.393. The molecule has 2 heterocycles. The highest BCUT2D eigenvalue weighted by Gasteiger charge is 2.23. The van der Waals surface area contributed by atoms with Crippen LogP contribution in [0.2, 0.25) is 5.02 Å². The van der Waals surface area contributed by atoms with Crippen LogP contribution in [0.15, 0.2) is 40.9 Å². The summed E-state index contributed by atoms with van der Waals surface area (Å²) >= 11 is 8.56. The van der Waals surface area contributed by atoms with Gasteiger partial charge in [-0.05, 0) is 22.6 Å². The number of halogens is 1. The van der Waals surface area contributed by atoms with E-state index in [1.165, 1.54) is 27.5 Å². The second-order valence-corrected chi connectivity index (χ2v) is 6.24. The first-order chi connectivity index (χ1) is 9.65. The van der Waals surface area contributed by atoms with E-state index in [0.717, 1.165) is 5.56 Å². The molecule has 1 aromatic carbocycles. The van der Waals surface area contributed by atoms with Crippen molar-refractivity contribution in [3.05, 3.63) is 56.5 Å². The number of rotatable bonds is 4. The zero-order valence-electron chi connectivity index (χ0n) is 10.0. The Morgan fingerprint density at radius 1 is 1.40 bits per heavy atom. The van der Waals surface area contributed by atoms with Crippen LogP contribution in [0.1, 0.15) is 5.56 Å². The molecule has 8 heteroatoms. The van der Waals surface area contributed by atoms with Gasteiger partial charge in [0.2, 0.25) is 0 Å². The van der Waals surface area contributed by atoms with Crippen molar-refractivity contribution in [3.8, 4) is 0 Å². The second kappa shape index (κ2) is 5.43. The highest BCUT2D eigenvalue weighted by atomic mass is 35.5. The van der Waals surface area contributed by atoms with Crippen molar-refractivity contribution in [3.63, 3.8) is 0 Å². The molecule has 3 aromatic rings. The number of hydrogen-bond donors (Lipinski definition) is 0. The van der Waals surface area contributed by atoms with Crippen molar-refractivity contribution in [2.75, 3.05) is 0 Å². The Balaban J connectivity index is 1.87. The molecule has 5 nitrogen and oxygen atoms in total. The average Bonchev–Trinajstić information content (AvgIpc) is 2.97. The first kappa shape index (κ1) is 13.4. The van der Waals surface area contributed by atoms with Gasteiger partial charge in [0.1, 0.15) is 6.20 Å². The van der Waals surface area contributed by atoms with Crippen LogP contribution in [0, 0.1) is 10.1 Å². The minimum Gasteiger partial charge on any atom is -0.358 e. The molecular formula is C12H8ClN3O2S2. The third-order valence-corrected chi connectivity index (χ3v) is 4.70. The summed E-state index contributed by atoms with van der Waals surface area (Å²) in [5.41, 5.74) is 1.05. The van der Waals surface area contributed by atoms with Crippen LogP contribution in [0.4, 0.5) is 5.82 Å². The number of aromatic nitrogens is 2. The molecule has 0 N–H and O–H groups in total. The van der Waals surface area contributed by atoms with E-state index in [9.17, 15) is 10.1 Å². The van der Waals surface area contributed by atoms with Crippen molar-refractivity contribution in [2.24, 2.45) is 0 Å². The van der Waals surface area contributed by atoms with Gasteiger partial charge in [0.25, 0.3) is 4.96 Å². The third-order valence-electron chi connectivity index (χ3n) is 2.67. The zero-order chi connectivity index (χ0) is 14.1. The largest absolute Gasteiger partial charge is 0.362 e. The van der Waals surface area contributed by atoms with Gasteiger partial charge in [-0.1, -0.05) is 46.8 Å². The average molecular weight is 326 g/mol. The molecule has 0 aliphatic carbocycles. The smallest absolute Gasteiger partial charge is 0.358 e. The molecule has 0 spiro atoms. The van der Waals surface area contributed by atoms with Gasteiger partial charge in [-0.3, -0.25) is 0 Å². The quantitative estimate of drug-likeness (QED) is 0.409. The highest BCUT2D eigenvalue weighted by molar-refractivity contribution is 7.98. The van der Waals surface area contributed by atoms with E-state index in [4.69, 9.17) is 11.6 Å². The SMILES string of the molecule is O=[N+]([O-])c1c(SCc2ccc(Cl)cc2)nc2sccn12. The summed E-state index contributed by atoms with van der Waals surface area (Å²) < 4.78 is 1.51. The molecule has 2 aromatic heterocycles. The lowest BCUT2D eigenvalue weighted by Gasteiger charge is -2.00. The Hall–Kier alpha value is -1.57. The molecule has 102 valence electrons. The Morgan fingerprint density at radius 3 is 2.85 bits per heavy atom. The van der Waals surface area contributed by atoms with E-state index in [0.29, 0.717) is 20.8 Å². The fourth-order valence-corrected chi connectivity index (χ4v) is 3.59. The minimum atomic E-state index is -0.392. The lowest BCUT2D eigenvalue weighted by atomic mass is 10.2. The van der Waals surface area contributed by atoms with Crippen LogP contribution >= 0.6 is 34.7 Å². The predicted octanol–water partition coefficient (Wildman–Crippen LogP) is 4.25. The first-order valence-corrected chi connectivity index (χ1v) is 7.86. The van der Waals surface area contributed by atoms with E-state index in [1.54, 1.807) is 23.7 Å². The highest BCUT2D eigenvalue weighted by Crippen LogP contribution is 2.33. The Kier molecular flexibility index (Phi) is 3.64. The molecule has 0 atom stereocenters. The van der Waals surface area contributed by atoms with Crippen LogP contribution in [-0.4, -0.2) is 14.3 Å². The van der Waals surface area contributed by atoms with Crippen LogP contribution in [0.3, 0.4) is 0 Å². The maximum Gasteiger partial charge on any atom is 0.362 e. The molecule has 20 heavy (non-hydrogen) atoms. The number of fused-ring (bicyclic) bond motifs is 1. The van der Waals surface area contributed by atoms with Gasteiger partial charge < -0.3 is 10.1 Å². The van der Waals surface area contributed by atoms with Gasteiger partial charge in [0.15, 0.2) is 5.03 Å². The van der Waals surface area contributed by atoms with Gasteiger partial charge in [-0.15, -0.1) is 0 Å². The van der Waals surface area contributed by atoms with E-state index in [1.807, 2.05) is 12.1 Å².